The SMILES string of the molecule is C1=CC=C(c2c(Nc3ccccc3)ccc3ncc(-c4ccccc4)nc23)NC=C1. The molecule has 2 N–H and O–H groups in total. The van der Waals surface area contributed by atoms with Crippen molar-refractivity contribution < 1.29 is 0 Å². The Morgan fingerprint density at radius 3 is 2.40 bits per heavy atom. The Hall–Kier alpha value is -4.18. The average Bonchev–Trinajstić information content (AvgIpc) is 3.09. The first-order chi connectivity index (χ1) is 14.9. The Bertz CT molecular complexity index is 1270. The molecule has 2 heterocycles. The molecule has 1 aliphatic heterocycles. The van der Waals surface area contributed by atoms with Crippen LogP contribution in [0.1, 0.15) is 5.56 Å². The predicted octanol–water partition coefficient (Wildman–Crippen LogP) is 6.05. The van der Waals surface area contributed by atoms with E-state index in [-0.39, 0.29) is 0 Å². The molecule has 0 amide bonds. The van der Waals surface area contributed by atoms with Gasteiger partial charge < -0.3 is 10.6 Å². The maximum Gasteiger partial charge on any atom is 0.101 e. The van der Waals surface area contributed by atoms with Crippen molar-refractivity contribution in [3.05, 3.63) is 115 Å². The summed E-state index contributed by atoms with van der Waals surface area (Å²) in [7, 11) is 0. The minimum atomic E-state index is 0.847. The Morgan fingerprint density at radius 2 is 1.57 bits per heavy atom. The van der Waals surface area contributed by atoms with E-state index in [2.05, 4.69) is 47.0 Å². The van der Waals surface area contributed by atoms with E-state index in [4.69, 9.17) is 9.97 Å². The Morgan fingerprint density at radius 1 is 0.767 bits per heavy atom. The van der Waals surface area contributed by atoms with Crippen molar-refractivity contribution in [3.8, 4) is 11.3 Å². The van der Waals surface area contributed by atoms with Crippen molar-refractivity contribution in [1.29, 1.82) is 0 Å². The smallest absolute Gasteiger partial charge is 0.101 e. The number of nitrogens with zero attached hydrogens (tertiary/aromatic N) is 2. The fraction of sp³-hybridized carbons (Fsp3) is 0. The highest BCUT2D eigenvalue weighted by molar-refractivity contribution is 5.97. The van der Waals surface area contributed by atoms with Crippen LogP contribution >= 0.6 is 0 Å². The highest BCUT2D eigenvalue weighted by Crippen LogP contribution is 2.33. The van der Waals surface area contributed by atoms with Crippen molar-refractivity contribution in [2.24, 2.45) is 0 Å². The first-order valence-corrected chi connectivity index (χ1v) is 9.86. The lowest BCUT2D eigenvalue weighted by Gasteiger charge is -2.17. The summed E-state index contributed by atoms with van der Waals surface area (Å²) in [6.07, 6.45) is 11.8. The minimum absolute atomic E-state index is 0.847. The number of hydrogen-bond acceptors (Lipinski definition) is 4. The molecule has 0 fully saturated rings. The lowest BCUT2D eigenvalue weighted by atomic mass is 10.0. The van der Waals surface area contributed by atoms with Crippen molar-refractivity contribution in [1.82, 2.24) is 15.3 Å². The van der Waals surface area contributed by atoms with Crippen LogP contribution in [-0.2, 0) is 0 Å². The minimum Gasteiger partial charge on any atom is -0.361 e. The molecule has 4 heteroatoms. The molecule has 0 aliphatic carbocycles. The van der Waals surface area contributed by atoms with Crippen molar-refractivity contribution in [2.45, 2.75) is 0 Å². The summed E-state index contributed by atoms with van der Waals surface area (Å²) < 4.78 is 0. The molecule has 0 unspecified atom stereocenters. The van der Waals surface area contributed by atoms with Gasteiger partial charge in [0.2, 0.25) is 0 Å². The molecule has 0 saturated carbocycles. The maximum atomic E-state index is 5.02. The number of fused-ring (bicyclic) bond motifs is 1. The van der Waals surface area contributed by atoms with Crippen LogP contribution in [0.25, 0.3) is 28.0 Å². The van der Waals surface area contributed by atoms with E-state index in [0.717, 1.165) is 44.9 Å². The van der Waals surface area contributed by atoms with E-state index >= 15 is 0 Å². The van der Waals surface area contributed by atoms with Gasteiger partial charge in [-0.05, 0) is 36.4 Å². The van der Waals surface area contributed by atoms with Gasteiger partial charge in [0.25, 0.3) is 0 Å². The third-order valence-electron chi connectivity index (χ3n) is 4.93. The topological polar surface area (TPSA) is 49.8 Å². The molecule has 1 aromatic heterocycles. The zero-order valence-corrected chi connectivity index (χ0v) is 16.3. The zero-order chi connectivity index (χ0) is 20.2. The Balaban J connectivity index is 1.72. The normalized spacial score (nSPS) is 12.9. The molecule has 4 aromatic rings. The number of aromatic nitrogens is 2. The van der Waals surface area contributed by atoms with Crippen molar-refractivity contribution >= 4 is 28.1 Å². The van der Waals surface area contributed by atoms with Crippen LogP contribution in [0.4, 0.5) is 11.4 Å². The van der Waals surface area contributed by atoms with Gasteiger partial charge in [0.05, 0.1) is 23.1 Å². The third-order valence-corrected chi connectivity index (χ3v) is 4.93. The van der Waals surface area contributed by atoms with Crippen LogP contribution in [0.5, 0.6) is 0 Å². The summed E-state index contributed by atoms with van der Waals surface area (Å²) in [5, 5.41) is 6.93. The average molecular weight is 388 g/mol. The summed E-state index contributed by atoms with van der Waals surface area (Å²) in [6.45, 7) is 0. The number of nitrogens with one attached hydrogen (secondary N) is 2. The summed E-state index contributed by atoms with van der Waals surface area (Å²) >= 11 is 0. The molecule has 0 atom stereocenters. The largest absolute Gasteiger partial charge is 0.361 e. The standard InChI is InChI=1S/C26H20N4/c1-4-10-19(11-5-1)24-18-28-23-16-15-22(29-20-12-6-2-7-13-20)25(26(23)30-24)21-14-8-3-9-17-27-21/h1-18,27,29H. The number of hydrogen-bond donors (Lipinski definition) is 2. The first-order valence-electron chi connectivity index (χ1n) is 9.86. The van der Waals surface area contributed by atoms with Crippen LogP contribution in [-0.4, -0.2) is 9.97 Å². The fourth-order valence-electron chi connectivity index (χ4n) is 3.49. The van der Waals surface area contributed by atoms with Crippen LogP contribution < -0.4 is 10.6 Å². The molecule has 144 valence electrons. The predicted molar refractivity (Wildman–Crippen MR) is 124 cm³/mol. The molecule has 1 aliphatic rings. The van der Waals surface area contributed by atoms with Gasteiger partial charge >= 0.3 is 0 Å². The molecule has 0 saturated heterocycles. The van der Waals surface area contributed by atoms with Crippen LogP contribution in [0.3, 0.4) is 0 Å². The lowest BCUT2D eigenvalue weighted by molar-refractivity contribution is 1.21. The molecule has 4 nitrogen and oxygen atoms in total. The van der Waals surface area contributed by atoms with Gasteiger partial charge in [0.15, 0.2) is 0 Å². The quantitative estimate of drug-likeness (QED) is 0.446. The highest BCUT2D eigenvalue weighted by atomic mass is 14.9. The summed E-state index contributed by atoms with van der Waals surface area (Å²) in [5.41, 5.74) is 7.52. The number of anilines is 2. The molecule has 0 radical (unpaired) electrons. The lowest BCUT2D eigenvalue weighted by Crippen LogP contribution is -2.08. The van der Waals surface area contributed by atoms with E-state index in [1.807, 2.05) is 73.1 Å². The monoisotopic (exact) mass is 388 g/mol. The van der Waals surface area contributed by atoms with E-state index in [0.29, 0.717) is 0 Å². The summed E-state index contributed by atoms with van der Waals surface area (Å²) in [4.78, 5) is 9.73. The van der Waals surface area contributed by atoms with Crippen LogP contribution in [0, 0.1) is 0 Å². The van der Waals surface area contributed by atoms with E-state index in [1.165, 1.54) is 0 Å². The van der Waals surface area contributed by atoms with Crippen LogP contribution in [0.2, 0.25) is 0 Å². The van der Waals surface area contributed by atoms with Gasteiger partial charge in [0, 0.05) is 28.7 Å². The molecule has 0 spiro atoms. The molecular weight excluding hydrogens is 368 g/mol. The molecule has 5 rings (SSSR count). The number of allylic oxidation sites excluding steroid dienone is 4. The van der Waals surface area contributed by atoms with Gasteiger partial charge in [-0.2, -0.15) is 0 Å². The molecular formula is C26H20N4. The van der Waals surface area contributed by atoms with Gasteiger partial charge in [-0.3, -0.25) is 4.98 Å². The van der Waals surface area contributed by atoms with E-state index in [9.17, 15) is 0 Å². The number of benzene rings is 3. The number of para-hydroxylation sites is 1. The second-order valence-electron chi connectivity index (χ2n) is 6.94. The third kappa shape index (κ3) is 3.59. The molecule has 30 heavy (non-hydrogen) atoms. The molecule has 3 aromatic carbocycles. The van der Waals surface area contributed by atoms with E-state index < -0.39 is 0 Å². The van der Waals surface area contributed by atoms with Crippen molar-refractivity contribution in [2.75, 3.05) is 5.32 Å². The summed E-state index contributed by atoms with van der Waals surface area (Å²) in [5.74, 6) is 0. The fourth-order valence-corrected chi connectivity index (χ4v) is 3.49. The van der Waals surface area contributed by atoms with E-state index in [1.54, 1.807) is 0 Å². The highest BCUT2D eigenvalue weighted by Gasteiger charge is 2.16. The van der Waals surface area contributed by atoms with Gasteiger partial charge in [-0.15, -0.1) is 0 Å². The van der Waals surface area contributed by atoms with Gasteiger partial charge in [-0.1, -0.05) is 60.7 Å². The number of rotatable bonds is 4. The first kappa shape index (κ1) is 17.9. The zero-order valence-electron chi connectivity index (χ0n) is 16.3. The van der Waals surface area contributed by atoms with Crippen molar-refractivity contribution in [3.63, 3.8) is 0 Å². The Labute approximate surface area is 175 Å². The second-order valence-corrected chi connectivity index (χ2v) is 6.94. The molecule has 0 bridgehead atoms. The van der Waals surface area contributed by atoms with Crippen LogP contribution in [0.15, 0.2) is 109 Å². The van der Waals surface area contributed by atoms with Gasteiger partial charge in [0.1, 0.15) is 5.52 Å². The Kier molecular flexibility index (Phi) is 4.80. The summed E-state index contributed by atoms with van der Waals surface area (Å²) in [6, 6.07) is 24.4. The van der Waals surface area contributed by atoms with Gasteiger partial charge in [-0.25, -0.2) is 4.98 Å². The second kappa shape index (κ2) is 8.05. The maximum absolute atomic E-state index is 5.02.